The van der Waals surface area contributed by atoms with Gasteiger partial charge in [0.15, 0.2) is 5.65 Å². The number of nitrogens with zero attached hydrogens (tertiary/aromatic N) is 4. The van der Waals surface area contributed by atoms with E-state index in [0.717, 1.165) is 0 Å². The van der Waals surface area contributed by atoms with Gasteiger partial charge in [0, 0.05) is 19.6 Å². The molecule has 0 aliphatic heterocycles. The first kappa shape index (κ1) is 10.5. The van der Waals surface area contributed by atoms with Crippen molar-refractivity contribution < 1.29 is 0 Å². The van der Waals surface area contributed by atoms with Crippen LogP contribution in [0.1, 0.15) is 12.8 Å². The molecule has 6 heteroatoms. The van der Waals surface area contributed by atoms with Crippen molar-refractivity contribution in [3.8, 4) is 0 Å². The van der Waals surface area contributed by atoms with E-state index in [2.05, 4.69) is 10.1 Å². The van der Waals surface area contributed by atoms with Crippen LogP contribution in [0.5, 0.6) is 0 Å². The van der Waals surface area contributed by atoms with Crippen molar-refractivity contribution in [2.75, 3.05) is 0 Å². The Kier molecular flexibility index (Phi) is 2.25. The number of rotatable bonds is 3. The lowest BCUT2D eigenvalue weighted by atomic mass is 10.2. The Morgan fingerprint density at radius 2 is 2.35 bits per heavy atom. The Morgan fingerprint density at radius 3 is 3.06 bits per heavy atom. The van der Waals surface area contributed by atoms with E-state index in [1.54, 1.807) is 28.8 Å². The predicted octanol–water partition coefficient (Wildman–Crippen LogP) is -0.133. The summed E-state index contributed by atoms with van der Waals surface area (Å²) < 4.78 is 3.19. The van der Waals surface area contributed by atoms with Crippen LogP contribution in [0.25, 0.3) is 11.0 Å². The Morgan fingerprint density at radius 1 is 1.59 bits per heavy atom. The topological polar surface area (TPSA) is 78.7 Å². The van der Waals surface area contributed by atoms with E-state index in [9.17, 15) is 4.79 Å². The zero-order valence-electron chi connectivity index (χ0n) is 9.71. The second kappa shape index (κ2) is 3.66. The zero-order chi connectivity index (χ0) is 12.0. The molecule has 0 spiro atoms. The monoisotopic (exact) mass is 233 g/mol. The van der Waals surface area contributed by atoms with Crippen molar-refractivity contribution in [3.63, 3.8) is 0 Å². The molecule has 0 aromatic carbocycles. The van der Waals surface area contributed by atoms with E-state index in [0.29, 0.717) is 23.5 Å². The Bertz CT molecular complexity index is 610. The summed E-state index contributed by atoms with van der Waals surface area (Å²) in [6.07, 6.45) is 5.48. The Hall–Kier alpha value is -1.69. The van der Waals surface area contributed by atoms with Crippen LogP contribution >= 0.6 is 0 Å². The van der Waals surface area contributed by atoms with Gasteiger partial charge in [-0.3, -0.25) is 14.0 Å². The molecule has 2 aromatic rings. The van der Waals surface area contributed by atoms with Gasteiger partial charge in [-0.15, -0.1) is 0 Å². The summed E-state index contributed by atoms with van der Waals surface area (Å²) in [5, 5.41) is 4.59. The summed E-state index contributed by atoms with van der Waals surface area (Å²) in [6, 6.07) is 0.0589. The molecule has 17 heavy (non-hydrogen) atoms. The molecule has 0 bridgehead atoms. The average molecular weight is 233 g/mol. The fourth-order valence-electron chi connectivity index (χ4n) is 2.10. The van der Waals surface area contributed by atoms with Gasteiger partial charge < -0.3 is 5.73 Å². The molecule has 1 atom stereocenters. The first-order chi connectivity index (χ1) is 8.16. The maximum absolute atomic E-state index is 12.1. The zero-order valence-corrected chi connectivity index (χ0v) is 9.71. The molecule has 2 aromatic heterocycles. The summed E-state index contributed by atoms with van der Waals surface area (Å²) in [7, 11) is 1.77. The van der Waals surface area contributed by atoms with E-state index >= 15 is 0 Å². The summed E-state index contributed by atoms with van der Waals surface area (Å²) in [5.41, 5.74) is 6.58. The molecule has 1 fully saturated rings. The lowest BCUT2D eigenvalue weighted by Gasteiger charge is -2.11. The first-order valence-electron chi connectivity index (χ1n) is 5.79. The molecule has 2 N–H and O–H groups in total. The molecule has 0 radical (unpaired) electrons. The molecule has 1 unspecified atom stereocenters. The Balaban J connectivity index is 1.99. The van der Waals surface area contributed by atoms with Crippen molar-refractivity contribution in [2.45, 2.75) is 25.4 Å². The van der Waals surface area contributed by atoms with Gasteiger partial charge in [0.05, 0.1) is 6.20 Å². The second-order valence-corrected chi connectivity index (χ2v) is 4.71. The van der Waals surface area contributed by atoms with Crippen LogP contribution in [0, 0.1) is 5.92 Å². The molecule has 3 rings (SSSR count). The lowest BCUT2D eigenvalue weighted by Crippen LogP contribution is -2.33. The van der Waals surface area contributed by atoms with Crippen LogP contribution in [0.4, 0.5) is 0 Å². The third-order valence-electron chi connectivity index (χ3n) is 3.35. The fraction of sp³-hybridized carbons (Fsp3) is 0.545. The van der Waals surface area contributed by atoms with Crippen molar-refractivity contribution in [3.05, 3.63) is 22.9 Å². The first-order valence-corrected chi connectivity index (χ1v) is 5.79. The summed E-state index contributed by atoms with van der Waals surface area (Å²) in [4.78, 5) is 16.4. The molecule has 90 valence electrons. The van der Waals surface area contributed by atoms with Crippen LogP contribution < -0.4 is 11.3 Å². The number of hydrogen-bond acceptors (Lipinski definition) is 4. The van der Waals surface area contributed by atoms with Crippen LogP contribution in [0.2, 0.25) is 0 Å². The SMILES string of the molecule is Cn1ncc2c(=O)n(CC(N)C3CC3)cnc21. The number of nitrogens with two attached hydrogens (primary N) is 1. The van der Waals surface area contributed by atoms with Gasteiger partial charge in [-0.2, -0.15) is 5.10 Å². The van der Waals surface area contributed by atoms with E-state index in [1.807, 2.05) is 0 Å². The summed E-state index contributed by atoms with van der Waals surface area (Å²) in [6.45, 7) is 0.543. The number of fused-ring (bicyclic) bond motifs is 1. The molecule has 1 aliphatic carbocycles. The van der Waals surface area contributed by atoms with E-state index in [-0.39, 0.29) is 11.6 Å². The van der Waals surface area contributed by atoms with Gasteiger partial charge >= 0.3 is 0 Å². The summed E-state index contributed by atoms with van der Waals surface area (Å²) in [5.74, 6) is 0.575. The molecule has 1 aliphatic rings. The number of aromatic nitrogens is 4. The van der Waals surface area contributed by atoms with Gasteiger partial charge in [-0.25, -0.2) is 4.98 Å². The smallest absolute Gasteiger partial charge is 0.264 e. The van der Waals surface area contributed by atoms with E-state index in [1.165, 1.54) is 12.8 Å². The molecule has 0 amide bonds. The van der Waals surface area contributed by atoms with Crippen molar-refractivity contribution >= 4 is 11.0 Å². The molecular formula is C11H15N5O. The highest BCUT2D eigenvalue weighted by Crippen LogP contribution is 2.31. The highest BCUT2D eigenvalue weighted by molar-refractivity contribution is 5.72. The third-order valence-corrected chi connectivity index (χ3v) is 3.35. The van der Waals surface area contributed by atoms with Crippen LogP contribution in [-0.2, 0) is 13.6 Å². The maximum Gasteiger partial charge on any atom is 0.264 e. The minimum absolute atomic E-state index is 0.0563. The van der Waals surface area contributed by atoms with Crippen LogP contribution in [0.3, 0.4) is 0 Å². The van der Waals surface area contributed by atoms with E-state index < -0.39 is 0 Å². The number of hydrogen-bond donors (Lipinski definition) is 1. The maximum atomic E-state index is 12.1. The largest absolute Gasteiger partial charge is 0.326 e. The molecule has 1 saturated carbocycles. The van der Waals surface area contributed by atoms with Gasteiger partial charge in [-0.1, -0.05) is 0 Å². The summed E-state index contributed by atoms with van der Waals surface area (Å²) >= 11 is 0. The quantitative estimate of drug-likeness (QED) is 0.800. The van der Waals surface area contributed by atoms with Crippen molar-refractivity contribution in [2.24, 2.45) is 18.7 Å². The van der Waals surface area contributed by atoms with E-state index in [4.69, 9.17) is 5.73 Å². The van der Waals surface area contributed by atoms with Crippen molar-refractivity contribution in [1.82, 2.24) is 19.3 Å². The average Bonchev–Trinajstić information content (AvgIpc) is 3.08. The standard InChI is InChI=1S/C11H15N5O/c1-15-10-8(4-14-15)11(17)16(6-13-10)5-9(12)7-2-3-7/h4,6-7,9H,2-3,5,12H2,1H3. The minimum Gasteiger partial charge on any atom is -0.326 e. The second-order valence-electron chi connectivity index (χ2n) is 4.71. The van der Waals surface area contributed by atoms with Gasteiger partial charge in [0.25, 0.3) is 5.56 Å². The normalized spacial score (nSPS) is 17.5. The highest BCUT2D eigenvalue weighted by Gasteiger charge is 2.28. The molecular weight excluding hydrogens is 218 g/mol. The minimum atomic E-state index is -0.0563. The fourth-order valence-corrected chi connectivity index (χ4v) is 2.10. The predicted molar refractivity (Wildman–Crippen MR) is 63.5 cm³/mol. The molecule has 0 saturated heterocycles. The molecule has 2 heterocycles. The van der Waals surface area contributed by atoms with Crippen molar-refractivity contribution in [1.29, 1.82) is 0 Å². The van der Waals surface area contributed by atoms with Crippen LogP contribution in [0.15, 0.2) is 17.3 Å². The number of aryl methyl sites for hydroxylation is 1. The van der Waals surface area contributed by atoms with Crippen LogP contribution in [-0.4, -0.2) is 25.4 Å². The molecule has 6 nitrogen and oxygen atoms in total. The highest BCUT2D eigenvalue weighted by atomic mass is 16.1. The van der Waals surface area contributed by atoms with Gasteiger partial charge in [0.2, 0.25) is 0 Å². The third kappa shape index (κ3) is 1.74. The van der Waals surface area contributed by atoms with Gasteiger partial charge in [-0.05, 0) is 18.8 Å². The Labute approximate surface area is 98.1 Å². The lowest BCUT2D eigenvalue weighted by molar-refractivity contribution is 0.491. The van der Waals surface area contributed by atoms with Gasteiger partial charge in [0.1, 0.15) is 11.7 Å².